The fourth-order valence-corrected chi connectivity index (χ4v) is 6.56. The van der Waals surface area contributed by atoms with Gasteiger partial charge in [0.15, 0.2) is 5.79 Å². The number of alkyl halides is 8. The fourth-order valence-electron chi connectivity index (χ4n) is 6.31. The van der Waals surface area contributed by atoms with Gasteiger partial charge in [0.25, 0.3) is 0 Å². The van der Waals surface area contributed by atoms with Crippen LogP contribution in [-0.2, 0) is 48.2 Å². The topological polar surface area (TPSA) is 152 Å². The van der Waals surface area contributed by atoms with E-state index < -0.39 is 101 Å². The van der Waals surface area contributed by atoms with Gasteiger partial charge in [-0.3, -0.25) is 4.55 Å². The molecule has 234 valence electrons. The Morgan fingerprint density at radius 3 is 1.83 bits per heavy atom. The Kier molecular flexibility index (Phi) is 7.82. The van der Waals surface area contributed by atoms with Gasteiger partial charge in [-0.25, -0.2) is 14.4 Å². The lowest BCUT2D eigenvalue weighted by molar-refractivity contribution is -0.403. The van der Waals surface area contributed by atoms with Gasteiger partial charge in [-0.2, -0.15) is 43.5 Å². The van der Waals surface area contributed by atoms with Gasteiger partial charge in [-0.05, 0) is 38.0 Å². The van der Waals surface area contributed by atoms with Crippen molar-refractivity contribution in [3.05, 3.63) is 0 Å². The van der Waals surface area contributed by atoms with Crippen molar-refractivity contribution in [3.8, 4) is 0 Å². The molecule has 0 radical (unpaired) electrons. The average Bonchev–Trinajstić information content (AvgIpc) is 2.82. The van der Waals surface area contributed by atoms with Crippen LogP contribution in [-0.4, -0.2) is 85.8 Å². The minimum absolute atomic E-state index is 0.0476. The molecule has 4 aliphatic carbocycles. The van der Waals surface area contributed by atoms with Crippen LogP contribution in [0, 0.1) is 23.7 Å². The number of esters is 3. The molecule has 1 spiro atoms. The smallest absolute Gasteiger partial charge is 0.459 e. The van der Waals surface area contributed by atoms with Crippen LogP contribution in [0.1, 0.15) is 32.1 Å². The summed E-state index contributed by atoms with van der Waals surface area (Å²) in [6.45, 7) is -2.70. The van der Waals surface area contributed by atoms with Crippen molar-refractivity contribution in [2.24, 2.45) is 23.7 Å². The highest BCUT2D eigenvalue weighted by Gasteiger charge is 2.68. The third-order valence-corrected chi connectivity index (χ3v) is 8.61. The normalized spacial score (nSPS) is 35.3. The third-order valence-electron chi connectivity index (χ3n) is 7.80. The summed E-state index contributed by atoms with van der Waals surface area (Å²) in [5.41, 5.74) is -1.63. The second-order valence-electron chi connectivity index (χ2n) is 10.5. The highest BCUT2D eigenvalue weighted by molar-refractivity contribution is 7.87. The predicted molar refractivity (Wildman–Crippen MR) is 110 cm³/mol. The molecule has 1 N–H and O–H groups in total. The Bertz CT molecular complexity index is 1170. The molecule has 11 nitrogen and oxygen atoms in total. The van der Waals surface area contributed by atoms with E-state index in [4.69, 9.17) is 18.8 Å². The standard InChI is InChI=1S/C21H22F8O11S/c22-19(23,24)14(30)36-6-10-7-38-18(39-13(10)8-37-15(31)20(25,26)27)11-1-9-2-12(18)5-17(3-9,4-11)40-16(32)21(28,29)41(33,34)35/h9-13H,1-8H2,(H,33,34,35). The van der Waals surface area contributed by atoms with Crippen molar-refractivity contribution < 1.29 is 86.2 Å². The lowest BCUT2D eigenvalue weighted by atomic mass is 9.51. The summed E-state index contributed by atoms with van der Waals surface area (Å²) in [5, 5.41) is -5.26. The lowest BCUT2D eigenvalue weighted by Crippen LogP contribution is -2.70. The summed E-state index contributed by atoms with van der Waals surface area (Å²) in [4.78, 5) is 34.5. The van der Waals surface area contributed by atoms with Gasteiger partial charge in [-0.1, -0.05) is 0 Å². The van der Waals surface area contributed by atoms with Crippen LogP contribution in [0.5, 0.6) is 0 Å². The van der Waals surface area contributed by atoms with Gasteiger partial charge < -0.3 is 23.7 Å². The Morgan fingerprint density at radius 1 is 0.829 bits per heavy atom. The van der Waals surface area contributed by atoms with E-state index >= 15 is 0 Å². The number of halogens is 8. The molecule has 4 atom stereocenters. The highest BCUT2D eigenvalue weighted by Crippen LogP contribution is 2.64. The molecule has 41 heavy (non-hydrogen) atoms. The van der Waals surface area contributed by atoms with Crippen molar-refractivity contribution in [1.29, 1.82) is 0 Å². The van der Waals surface area contributed by atoms with E-state index in [2.05, 4.69) is 9.47 Å². The molecule has 0 aromatic rings. The SMILES string of the molecule is O=C(OCC1COC2(OC1COC(=O)C(F)(F)F)C1CC3CC2CC(OC(=O)C(F)(F)S(=O)(=O)O)(C3)C1)C(F)(F)F. The molecule has 1 aliphatic heterocycles. The van der Waals surface area contributed by atoms with E-state index in [1.54, 1.807) is 0 Å². The molecule has 1 saturated heterocycles. The zero-order valence-electron chi connectivity index (χ0n) is 20.5. The Hall–Kier alpha value is -2.32. The van der Waals surface area contributed by atoms with E-state index in [0.29, 0.717) is 0 Å². The van der Waals surface area contributed by atoms with Crippen LogP contribution < -0.4 is 0 Å². The van der Waals surface area contributed by atoms with Crippen molar-refractivity contribution in [2.45, 2.75) is 67.2 Å². The lowest BCUT2D eigenvalue weighted by Gasteiger charge is -2.65. The molecule has 0 aromatic heterocycles. The molecule has 0 aromatic carbocycles. The predicted octanol–water partition coefficient (Wildman–Crippen LogP) is 2.53. The molecule has 0 amide bonds. The summed E-state index contributed by atoms with van der Waals surface area (Å²) < 4.78 is 159. The minimum Gasteiger partial charge on any atom is -0.459 e. The molecular weight excluding hydrogens is 612 g/mol. The molecular formula is C21H22F8O11S. The van der Waals surface area contributed by atoms with Gasteiger partial charge in [-0.15, -0.1) is 0 Å². The van der Waals surface area contributed by atoms with Crippen LogP contribution in [0.25, 0.3) is 0 Å². The summed E-state index contributed by atoms with van der Waals surface area (Å²) in [5.74, 6) is -12.6. The van der Waals surface area contributed by atoms with Gasteiger partial charge in [0.1, 0.15) is 18.3 Å². The Morgan fingerprint density at radius 2 is 1.34 bits per heavy atom. The first-order valence-corrected chi connectivity index (χ1v) is 13.4. The number of ether oxygens (including phenoxy) is 5. The van der Waals surface area contributed by atoms with Crippen LogP contribution in [0.15, 0.2) is 0 Å². The molecule has 1 heterocycles. The van der Waals surface area contributed by atoms with Gasteiger partial charge in [0, 0.05) is 17.8 Å². The first-order valence-electron chi connectivity index (χ1n) is 12.0. The maximum atomic E-state index is 13.9. The first-order chi connectivity index (χ1) is 18.6. The van der Waals surface area contributed by atoms with E-state index in [1.807, 2.05) is 0 Å². The van der Waals surface area contributed by atoms with E-state index in [-0.39, 0.29) is 38.0 Å². The maximum Gasteiger partial charge on any atom is 0.490 e. The molecule has 5 rings (SSSR count). The van der Waals surface area contributed by atoms with Crippen molar-refractivity contribution in [2.75, 3.05) is 19.8 Å². The quantitative estimate of drug-likeness (QED) is 0.190. The number of carbonyl (C=O) groups excluding carboxylic acids is 3. The molecule has 4 unspecified atom stereocenters. The number of carbonyl (C=O) groups is 3. The summed E-state index contributed by atoms with van der Waals surface area (Å²) >= 11 is 0. The third kappa shape index (κ3) is 5.96. The van der Waals surface area contributed by atoms with E-state index in [1.165, 1.54) is 0 Å². The molecule has 5 aliphatic rings. The summed E-state index contributed by atoms with van der Waals surface area (Å²) in [6.07, 6.45) is -12.3. The highest BCUT2D eigenvalue weighted by atomic mass is 32.2. The summed E-state index contributed by atoms with van der Waals surface area (Å²) in [7, 11) is -6.16. The van der Waals surface area contributed by atoms with Crippen LogP contribution >= 0.6 is 0 Å². The zero-order valence-corrected chi connectivity index (χ0v) is 21.3. The zero-order chi connectivity index (χ0) is 30.8. The monoisotopic (exact) mass is 634 g/mol. The Balaban J connectivity index is 1.54. The summed E-state index contributed by atoms with van der Waals surface area (Å²) in [6, 6.07) is 0. The largest absolute Gasteiger partial charge is 0.490 e. The molecule has 20 heteroatoms. The molecule has 4 saturated carbocycles. The van der Waals surface area contributed by atoms with Crippen molar-refractivity contribution in [3.63, 3.8) is 0 Å². The van der Waals surface area contributed by atoms with Gasteiger partial charge in [0.05, 0.1) is 13.2 Å². The number of hydrogen-bond acceptors (Lipinski definition) is 10. The van der Waals surface area contributed by atoms with Crippen LogP contribution in [0.4, 0.5) is 35.1 Å². The van der Waals surface area contributed by atoms with E-state index in [0.717, 1.165) is 0 Å². The van der Waals surface area contributed by atoms with Crippen molar-refractivity contribution in [1.82, 2.24) is 0 Å². The van der Waals surface area contributed by atoms with Gasteiger partial charge >= 0.3 is 45.6 Å². The molecule has 5 fully saturated rings. The van der Waals surface area contributed by atoms with Crippen LogP contribution in [0.3, 0.4) is 0 Å². The molecule has 4 bridgehead atoms. The maximum absolute atomic E-state index is 13.9. The second-order valence-corrected chi connectivity index (χ2v) is 12.0. The van der Waals surface area contributed by atoms with Crippen LogP contribution in [0.2, 0.25) is 0 Å². The van der Waals surface area contributed by atoms with E-state index in [9.17, 15) is 57.9 Å². The minimum atomic E-state index is -6.16. The second kappa shape index (κ2) is 10.1. The Labute approximate surface area is 225 Å². The van der Waals surface area contributed by atoms with Gasteiger partial charge in [0.2, 0.25) is 0 Å². The fraction of sp³-hybridized carbons (Fsp3) is 0.857. The van der Waals surface area contributed by atoms with Crippen molar-refractivity contribution >= 4 is 28.0 Å². The number of rotatable bonds is 7. The first kappa shape index (κ1) is 31.6. The average molecular weight is 634 g/mol. The number of hydrogen-bond donors (Lipinski definition) is 1.